The van der Waals surface area contributed by atoms with Gasteiger partial charge in [-0.3, -0.25) is 4.79 Å². The summed E-state index contributed by atoms with van der Waals surface area (Å²) in [6.45, 7) is 10.0. The monoisotopic (exact) mass is 611 g/mol. The molecule has 4 rings (SSSR count). The van der Waals surface area contributed by atoms with Gasteiger partial charge in [0, 0.05) is 0 Å². The molecule has 2 heteroatoms. The number of fused-ring (bicyclic) bond motifs is 5. The van der Waals surface area contributed by atoms with Crippen LogP contribution < -0.4 is 0 Å². The van der Waals surface area contributed by atoms with Crippen LogP contribution in [0.4, 0.5) is 0 Å². The highest BCUT2D eigenvalue weighted by Crippen LogP contribution is 2.68. The van der Waals surface area contributed by atoms with Gasteiger partial charge in [-0.05, 0) is 117 Å². The van der Waals surface area contributed by atoms with Gasteiger partial charge in [-0.1, -0.05) is 136 Å². The smallest absolute Gasteiger partial charge is 0.310 e. The van der Waals surface area contributed by atoms with Crippen LogP contribution in [-0.2, 0) is 4.79 Å². The molecule has 9 atom stereocenters. The second-order valence-electron chi connectivity index (χ2n) is 17.1. The average Bonchev–Trinajstić information content (AvgIpc) is 3.37. The van der Waals surface area contributed by atoms with Gasteiger partial charge in [0.15, 0.2) is 0 Å². The number of hydrogen-bond donors (Lipinski definition) is 1. The first kappa shape index (κ1) is 36.1. The minimum absolute atomic E-state index is 0.313. The Morgan fingerprint density at radius 1 is 0.727 bits per heavy atom. The molecule has 4 fully saturated rings. The van der Waals surface area contributed by atoms with E-state index < -0.39 is 5.97 Å². The molecule has 4 aliphatic rings. The van der Waals surface area contributed by atoms with Crippen molar-refractivity contribution in [3.63, 3.8) is 0 Å². The molecular weight excluding hydrogens is 536 g/mol. The molecule has 0 spiro atoms. The van der Waals surface area contributed by atoms with E-state index in [1.54, 1.807) is 0 Å². The lowest BCUT2D eigenvalue weighted by molar-refractivity contribution is -0.141. The Kier molecular flexibility index (Phi) is 14.7. The van der Waals surface area contributed by atoms with E-state index in [1.165, 1.54) is 154 Å². The van der Waals surface area contributed by atoms with Crippen molar-refractivity contribution in [2.45, 2.75) is 195 Å². The highest BCUT2D eigenvalue weighted by molar-refractivity contribution is 5.72. The van der Waals surface area contributed by atoms with E-state index in [9.17, 15) is 9.90 Å². The maximum absolute atomic E-state index is 12.3. The van der Waals surface area contributed by atoms with E-state index in [-0.39, 0.29) is 5.92 Å². The Hall–Kier alpha value is -0.790. The van der Waals surface area contributed by atoms with Gasteiger partial charge in [0.05, 0.1) is 5.92 Å². The summed E-state index contributed by atoms with van der Waals surface area (Å²) < 4.78 is 0. The minimum Gasteiger partial charge on any atom is -0.481 e. The second-order valence-corrected chi connectivity index (χ2v) is 17.1. The zero-order chi connectivity index (χ0) is 31.4. The summed E-state index contributed by atoms with van der Waals surface area (Å²) in [7, 11) is 0. The van der Waals surface area contributed by atoms with E-state index in [0.717, 1.165) is 36.5 Å². The molecule has 0 aromatic rings. The van der Waals surface area contributed by atoms with Gasteiger partial charge < -0.3 is 5.11 Å². The molecule has 254 valence electrons. The van der Waals surface area contributed by atoms with Gasteiger partial charge in [-0.15, -0.1) is 0 Å². The van der Waals surface area contributed by atoms with Gasteiger partial charge in [0.1, 0.15) is 0 Å². The number of hydrogen-bond acceptors (Lipinski definition) is 1. The van der Waals surface area contributed by atoms with E-state index in [2.05, 4.69) is 39.8 Å². The number of allylic oxidation sites excluding steroid dienone is 1. The van der Waals surface area contributed by atoms with Crippen LogP contribution in [0.1, 0.15) is 195 Å². The summed E-state index contributed by atoms with van der Waals surface area (Å²) in [5.41, 5.74) is 1.04. The molecule has 4 aliphatic carbocycles. The summed E-state index contributed by atoms with van der Waals surface area (Å²) in [5.74, 6) is 4.04. The summed E-state index contributed by atoms with van der Waals surface area (Å²) in [5, 5.41) is 10.1. The Bertz CT molecular complexity index is 862. The van der Waals surface area contributed by atoms with E-state index in [1.807, 2.05) is 0 Å². The molecule has 2 nitrogen and oxygen atoms in total. The van der Waals surface area contributed by atoms with Crippen LogP contribution in [0, 0.1) is 52.3 Å². The highest BCUT2D eigenvalue weighted by Gasteiger charge is 2.60. The fourth-order valence-electron chi connectivity index (χ4n) is 11.8. The first-order valence-electron chi connectivity index (χ1n) is 20.2. The van der Waals surface area contributed by atoms with Crippen LogP contribution in [0.5, 0.6) is 0 Å². The number of carbonyl (C=O) groups is 1. The van der Waals surface area contributed by atoms with Crippen LogP contribution in [-0.4, -0.2) is 11.1 Å². The average molecular weight is 611 g/mol. The molecule has 0 aromatic carbocycles. The molecule has 0 bridgehead atoms. The number of rotatable bonds is 20. The number of unbranched alkanes of at least 4 members (excludes halogenated alkanes) is 14. The third kappa shape index (κ3) is 9.18. The fourth-order valence-corrected chi connectivity index (χ4v) is 11.8. The molecule has 4 saturated carbocycles. The van der Waals surface area contributed by atoms with Gasteiger partial charge in [-0.2, -0.15) is 0 Å². The van der Waals surface area contributed by atoms with Crippen molar-refractivity contribution in [3.05, 3.63) is 12.2 Å². The van der Waals surface area contributed by atoms with Gasteiger partial charge in [0.25, 0.3) is 0 Å². The van der Waals surface area contributed by atoms with Crippen molar-refractivity contribution in [2.75, 3.05) is 0 Å². The van der Waals surface area contributed by atoms with Crippen molar-refractivity contribution in [1.82, 2.24) is 0 Å². The molecule has 2 unspecified atom stereocenters. The summed E-state index contributed by atoms with van der Waals surface area (Å²) in [6, 6.07) is 0. The molecule has 0 aromatic heterocycles. The second kappa shape index (κ2) is 17.9. The molecule has 1 N–H and O–H groups in total. The zero-order valence-electron chi connectivity index (χ0n) is 29.9. The number of aliphatic carboxylic acids is 1. The molecule has 0 saturated heterocycles. The van der Waals surface area contributed by atoms with Crippen molar-refractivity contribution in [3.8, 4) is 0 Å². The Morgan fingerprint density at radius 2 is 1.34 bits per heavy atom. The lowest BCUT2D eigenvalue weighted by atomic mass is 9.44. The highest BCUT2D eigenvalue weighted by atomic mass is 16.4. The van der Waals surface area contributed by atoms with E-state index in [4.69, 9.17) is 0 Å². The van der Waals surface area contributed by atoms with E-state index >= 15 is 0 Å². The Balaban J connectivity index is 1.13. The lowest BCUT2D eigenvalue weighted by Crippen LogP contribution is -2.53. The van der Waals surface area contributed by atoms with Crippen LogP contribution in [0.2, 0.25) is 0 Å². The predicted molar refractivity (Wildman–Crippen MR) is 189 cm³/mol. The predicted octanol–water partition coefficient (Wildman–Crippen LogP) is 13.2. The molecule has 44 heavy (non-hydrogen) atoms. The van der Waals surface area contributed by atoms with Crippen molar-refractivity contribution in [1.29, 1.82) is 0 Å². The molecular formula is C42H74O2. The summed E-state index contributed by atoms with van der Waals surface area (Å²) in [4.78, 5) is 12.3. The van der Waals surface area contributed by atoms with Crippen LogP contribution >= 0.6 is 0 Å². The SMILES string of the molecule is CCCCCCCCCCCCCCCCC=CC(C[C@@H](C)[C@H]1CC[C@H]2[C@@H]3CCC4CCCC[C@]4(C)[C@H]3CC[C@]12C)C(=O)O. The van der Waals surface area contributed by atoms with Crippen molar-refractivity contribution < 1.29 is 9.90 Å². The first-order valence-corrected chi connectivity index (χ1v) is 20.2. The third-order valence-corrected chi connectivity index (χ3v) is 14.4. The maximum atomic E-state index is 12.3. The number of carboxylic acids is 1. The van der Waals surface area contributed by atoms with E-state index in [0.29, 0.717) is 22.7 Å². The van der Waals surface area contributed by atoms with Crippen LogP contribution in [0.3, 0.4) is 0 Å². The topological polar surface area (TPSA) is 37.3 Å². The number of carboxylic acid groups (broad SMARTS) is 1. The van der Waals surface area contributed by atoms with Gasteiger partial charge >= 0.3 is 5.97 Å². The third-order valence-electron chi connectivity index (χ3n) is 14.4. The summed E-state index contributed by atoms with van der Waals surface area (Å²) in [6.07, 6.45) is 40.0. The van der Waals surface area contributed by atoms with Crippen LogP contribution in [0.15, 0.2) is 12.2 Å². The normalized spacial score (nSPS) is 34.8. The van der Waals surface area contributed by atoms with Crippen molar-refractivity contribution >= 4 is 5.97 Å². The Labute approximate surface area is 274 Å². The lowest BCUT2D eigenvalue weighted by Gasteiger charge is -2.61. The van der Waals surface area contributed by atoms with Crippen molar-refractivity contribution in [2.24, 2.45) is 52.3 Å². The summed E-state index contributed by atoms with van der Waals surface area (Å²) >= 11 is 0. The molecule has 0 aliphatic heterocycles. The largest absolute Gasteiger partial charge is 0.481 e. The van der Waals surface area contributed by atoms with Gasteiger partial charge in [-0.25, -0.2) is 0 Å². The van der Waals surface area contributed by atoms with Crippen LogP contribution in [0.25, 0.3) is 0 Å². The molecule has 0 amide bonds. The molecule has 0 radical (unpaired) electrons. The maximum Gasteiger partial charge on any atom is 0.310 e. The fraction of sp³-hybridized carbons (Fsp3) is 0.929. The first-order chi connectivity index (χ1) is 21.3. The standard InChI is InChI=1S/C42H74O2/c1-5-6-7-8-9-10-11-12-13-14-15-16-17-18-19-20-23-34(40(43)44)32-33(2)37-27-28-38-36-26-25-35-24-21-22-30-41(35,3)39(36)29-31-42(37,38)4/h20,23,33-39H,5-19,21-22,24-32H2,1-4H3,(H,43,44)/t33-,34?,35?,36+,37-,38+,39+,41+,42-/m1/s1. The minimum atomic E-state index is -0.610. The Morgan fingerprint density at radius 3 is 1.98 bits per heavy atom. The zero-order valence-corrected chi connectivity index (χ0v) is 29.9. The molecule has 0 heterocycles. The van der Waals surface area contributed by atoms with Gasteiger partial charge in [0.2, 0.25) is 0 Å². The quantitative estimate of drug-likeness (QED) is 0.110.